The van der Waals surface area contributed by atoms with Crippen molar-refractivity contribution >= 4 is 24.2 Å². The Morgan fingerprint density at radius 1 is 1.22 bits per heavy atom. The van der Waals surface area contributed by atoms with E-state index in [1.165, 1.54) is 18.9 Å². The van der Waals surface area contributed by atoms with Gasteiger partial charge in [-0.2, -0.15) is 0 Å². The van der Waals surface area contributed by atoms with Gasteiger partial charge in [0.05, 0.1) is 30.0 Å². The van der Waals surface area contributed by atoms with E-state index in [4.69, 9.17) is 9.78 Å². The summed E-state index contributed by atoms with van der Waals surface area (Å²) in [5, 5.41) is 5.11. The highest BCUT2D eigenvalue weighted by molar-refractivity contribution is 6.08. The number of anilines is 1. The molecule has 0 aliphatic heterocycles. The molecule has 0 saturated heterocycles. The van der Waals surface area contributed by atoms with E-state index in [1.54, 1.807) is 30.7 Å². The Kier molecular flexibility index (Phi) is 9.83. The van der Waals surface area contributed by atoms with Crippen molar-refractivity contribution in [2.45, 2.75) is 25.7 Å². The molecule has 0 atom stereocenters. The van der Waals surface area contributed by atoms with Crippen LogP contribution in [0.15, 0.2) is 77.9 Å². The van der Waals surface area contributed by atoms with Gasteiger partial charge in [0.2, 0.25) is 6.41 Å². The Hall–Kier alpha value is -4.60. The van der Waals surface area contributed by atoms with E-state index in [0.29, 0.717) is 17.3 Å². The molecule has 10 heteroatoms. The number of rotatable bonds is 8. The minimum atomic E-state index is -0.749. The second-order valence-corrected chi connectivity index (χ2v) is 8.08. The molecule has 0 radical (unpaired) electrons. The van der Waals surface area contributed by atoms with E-state index < -0.39 is 12.6 Å². The number of primary amides is 1. The Morgan fingerprint density at radius 3 is 2.68 bits per heavy atom. The van der Waals surface area contributed by atoms with Crippen LogP contribution in [0.3, 0.4) is 0 Å². The molecule has 8 nitrogen and oxygen atoms in total. The Balaban J connectivity index is 0.00000121. The molecule has 37 heavy (non-hydrogen) atoms. The third-order valence-corrected chi connectivity index (χ3v) is 5.44. The lowest BCUT2D eigenvalue weighted by molar-refractivity contribution is -0.112. The van der Waals surface area contributed by atoms with Gasteiger partial charge in [0.1, 0.15) is 6.67 Å². The third kappa shape index (κ3) is 7.69. The number of benzene rings is 1. The number of nitrogens with one attached hydrogen (secondary N) is 1. The molecule has 3 N–H and O–H groups in total. The van der Waals surface area contributed by atoms with E-state index in [9.17, 15) is 13.7 Å². The van der Waals surface area contributed by atoms with Gasteiger partial charge in [0.25, 0.3) is 5.91 Å². The quantitative estimate of drug-likeness (QED) is 0.197. The molecule has 1 aliphatic rings. The Bertz CT molecular complexity index is 1340. The van der Waals surface area contributed by atoms with Crippen molar-refractivity contribution in [2.24, 2.45) is 10.9 Å². The smallest absolute Gasteiger partial charge is 0.255 e. The highest BCUT2D eigenvalue weighted by atomic mass is 19.2. The van der Waals surface area contributed by atoms with Crippen molar-refractivity contribution in [2.75, 3.05) is 12.0 Å². The number of halogens is 2. The fourth-order valence-electron chi connectivity index (χ4n) is 3.51. The largest absolute Gasteiger partial charge is 0.372 e. The molecule has 1 saturated carbocycles. The summed E-state index contributed by atoms with van der Waals surface area (Å²) in [6, 6.07) is 9.39. The van der Waals surface area contributed by atoms with Crippen LogP contribution in [0, 0.1) is 6.92 Å². The summed E-state index contributed by atoms with van der Waals surface area (Å²) in [5.74, 6) is 0.0112. The number of nitrogens with two attached hydrogens (primary N) is 1. The predicted octanol–water partition coefficient (Wildman–Crippen LogP) is 4.84. The zero-order chi connectivity index (χ0) is 26.6. The lowest BCUT2D eigenvalue weighted by Crippen LogP contribution is -2.13. The van der Waals surface area contributed by atoms with Crippen LogP contribution in [0.2, 0.25) is 0 Å². The van der Waals surface area contributed by atoms with Crippen molar-refractivity contribution in [3.8, 4) is 22.5 Å². The predicted molar refractivity (Wildman–Crippen MR) is 139 cm³/mol. The molecular formula is C27H26F2N6O2. The highest BCUT2D eigenvalue weighted by Crippen LogP contribution is 2.39. The molecule has 0 bridgehead atoms. The zero-order valence-corrected chi connectivity index (χ0v) is 20.1. The van der Waals surface area contributed by atoms with E-state index in [2.05, 4.69) is 32.3 Å². The number of aromatic nitrogens is 3. The number of hydrogen-bond acceptors (Lipinski definition) is 6. The van der Waals surface area contributed by atoms with Gasteiger partial charge in [-0.25, -0.2) is 9.37 Å². The molecule has 1 aliphatic carbocycles. The number of hydrogen-bond donors (Lipinski definition) is 2. The standard InChI is InChI=1S/C26H23F2N5O.CH3NO/c1-17-4-7-21(32-26(34)19(3-2-10-27)9-12-31-28)14-22(17)25-16-29-15-24(33-25)20-8-11-30-23(13-20)18-5-6-18;2-1-3/h2-4,7-9,11-16,18H,5-6,10H2,1H3,(H,32,34);1H,(H2,2,3)/b3-2+,19-9+,31-12-;. The summed E-state index contributed by atoms with van der Waals surface area (Å²) in [6.45, 7) is 1.20. The summed E-state index contributed by atoms with van der Waals surface area (Å²) in [7, 11) is 0. The summed E-state index contributed by atoms with van der Waals surface area (Å²) >= 11 is 0. The molecule has 2 aromatic heterocycles. The van der Waals surface area contributed by atoms with Crippen LogP contribution in [-0.2, 0) is 9.59 Å². The maximum atomic E-state index is 12.6. The van der Waals surface area contributed by atoms with Crippen LogP contribution in [-0.4, -0.2) is 40.2 Å². The number of carbonyl (C=O) groups is 2. The lowest BCUT2D eigenvalue weighted by Gasteiger charge is -2.11. The van der Waals surface area contributed by atoms with E-state index >= 15 is 0 Å². The molecule has 2 heterocycles. The van der Waals surface area contributed by atoms with E-state index in [0.717, 1.165) is 46.4 Å². The topological polar surface area (TPSA) is 123 Å². The van der Waals surface area contributed by atoms with Crippen LogP contribution in [0.5, 0.6) is 0 Å². The lowest BCUT2D eigenvalue weighted by atomic mass is 10.0. The van der Waals surface area contributed by atoms with Gasteiger partial charge in [-0.15, -0.1) is 0 Å². The van der Waals surface area contributed by atoms with Crippen LogP contribution in [0.1, 0.15) is 30.0 Å². The first-order valence-corrected chi connectivity index (χ1v) is 11.4. The number of pyridine rings is 1. The van der Waals surface area contributed by atoms with Gasteiger partial charge in [-0.3, -0.25) is 19.6 Å². The van der Waals surface area contributed by atoms with Crippen molar-refractivity contribution in [1.82, 2.24) is 15.0 Å². The second kappa shape index (κ2) is 13.5. The number of alkyl halides is 1. The Morgan fingerprint density at radius 2 is 1.97 bits per heavy atom. The SMILES string of the molecule is Cc1ccc(NC(=O)C(/C=C/CF)=C/C=N\F)cc1-c1cncc(-c2ccnc(C3CC3)c2)n1.NC=O. The van der Waals surface area contributed by atoms with Gasteiger partial charge < -0.3 is 11.1 Å². The minimum absolute atomic E-state index is 0.0621. The van der Waals surface area contributed by atoms with Crippen LogP contribution in [0.4, 0.5) is 14.6 Å². The number of aryl methyl sites for hydroxylation is 1. The number of nitrogens with zero attached hydrogens (tertiary/aromatic N) is 4. The maximum Gasteiger partial charge on any atom is 0.255 e. The fraction of sp³-hybridized carbons (Fsp3) is 0.185. The summed E-state index contributed by atoms with van der Waals surface area (Å²) < 4.78 is 24.7. The summed E-state index contributed by atoms with van der Waals surface area (Å²) in [5.41, 5.74) is 9.93. The van der Waals surface area contributed by atoms with Crippen LogP contribution in [0.25, 0.3) is 22.5 Å². The monoisotopic (exact) mass is 504 g/mol. The highest BCUT2D eigenvalue weighted by Gasteiger charge is 2.25. The third-order valence-electron chi connectivity index (χ3n) is 5.44. The molecule has 2 amide bonds. The Labute approximate surface area is 213 Å². The molecule has 1 aromatic carbocycles. The van der Waals surface area contributed by atoms with Crippen molar-refractivity contribution < 1.29 is 18.5 Å². The number of amides is 2. The second-order valence-electron chi connectivity index (χ2n) is 8.08. The minimum Gasteiger partial charge on any atom is -0.372 e. The fourth-order valence-corrected chi connectivity index (χ4v) is 3.51. The average Bonchev–Trinajstić information content (AvgIpc) is 3.76. The van der Waals surface area contributed by atoms with Gasteiger partial charge in [0.15, 0.2) is 0 Å². The summed E-state index contributed by atoms with van der Waals surface area (Å²) in [4.78, 5) is 34.9. The zero-order valence-electron chi connectivity index (χ0n) is 20.1. The van der Waals surface area contributed by atoms with Gasteiger partial charge in [-0.05, 0) is 55.7 Å². The van der Waals surface area contributed by atoms with Crippen LogP contribution >= 0.6 is 0 Å². The molecular weight excluding hydrogens is 478 g/mol. The molecule has 190 valence electrons. The van der Waals surface area contributed by atoms with Crippen molar-refractivity contribution in [3.63, 3.8) is 0 Å². The van der Waals surface area contributed by atoms with Gasteiger partial charge in [0, 0.05) is 40.2 Å². The maximum absolute atomic E-state index is 12.6. The van der Waals surface area contributed by atoms with E-state index in [-0.39, 0.29) is 12.0 Å². The van der Waals surface area contributed by atoms with Crippen molar-refractivity contribution in [3.05, 3.63) is 84.0 Å². The first-order valence-electron chi connectivity index (χ1n) is 11.4. The van der Waals surface area contributed by atoms with Crippen LogP contribution < -0.4 is 11.1 Å². The molecule has 4 rings (SSSR count). The number of carbonyl (C=O) groups excluding carboxylic acids is 2. The normalized spacial score (nSPS) is 13.3. The average molecular weight is 505 g/mol. The van der Waals surface area contributed by atoms with Gasteiger partial charge in [-0.1, -0.05) is 27.9 Å². The first kappa shape index (κ1) is 27.0. The molecule has 0 spiro atoms. The summed E-state index contributed by atoms with van der Waals surface area (Å²) in [6.07, 6.45) is 12.2. The molecule has 3 aromatic rings. The van der Waals surface area contributed by atoms with E-state index in [1.807, 2.05) is 19.1 Å². The van der Waals surface area contributed by atoms with Gasteiger partial charge >= 0.3 is 0 Å². The molecule has 1 fully saturated rings. The molecule has 0 unspecified atom stereocenters. The first-order chi connectivity index (χ1) is 18.0. The van der Waals surface area contributed by atoms with Crippen molar-refractivity contribution in [1.29, 1.82) is 0 Å². The number of allylic oxidation sites excluding steroid dienone is 2.